The van der Waals surface area contributed by atoms with Gasteiger partial charge in [-0.1, -0.05) is 34.8 Å². The Kier molecular flexibility index (Phi) is 2.81. The fraction of sp³-hybridized carbons (Fsp3) is 1.00. The molecule has 0 bridgehead atoms. The monoisotopic (exact) mass is 214 g/mol. The molecule has 8 heavy (non-hydrogen) atoms. The molecule has 0 saturated carbocycles. The molecule has 2 nitrogen and oxygen atoms in total. The molecule has 1 atom stereocenters. The number of hydrogen-bond donors (Lipinski definition) is 1. The van der Waals surface area contributed by atoms with Gasteiger partial charge in [0.05, 0.1) is 0 Å². The van der Waals surface area contributed by atoms with Gasteiger partial charge in [-0.2, -0.15) is 0 Å². The van der Waals surface area contributed by atoms with E-state index in [1.807, 2.05) is 0 Å². The lowest BCUT2D eigenvalue weighted by molar-refractivity contribution is 0.562. The molecule has 0 aliphatic carbocycles. The van der Waals surface area contributed by atoms with Crippen LogP contribution in [-0.4, -0.2) is 11.9 Å². The van der Waals surface area contributed by atoms with Crippen molar-refractivity contribution < 1.29 is 8.76 Å². The third-order valence-corrected chi connectivity index (χ3v) is 4.33. The first-order valence-electron chi connectivity index (χ1n) is 1.29. The van der Waals surface area contributed by atoms with E-state index in [0.29, 0.717) is 0 Å². The minimum absolute atomic E-state index is 2.25. The molecule has 0 amide bonds. The molecule has 0 aliphatic heterocycles. The van der Waals surface area contributed by atoms with Crippen molar-refractivity contribution >= 4 is 54.8 Å². The SMILES string of the molecule is O=S(O)(=S)C(Cl)(Cl)Cl. The number of alkyl halides is 3. The van der Waals surface area contributed by atoms with Crippen LogP contribution in [0.4, 0.5) is 0 Å². The van der Waals surface area contributed by atoms with Crippen molar-refractivity contribution in [3.8, 4) is 0 Å². The lowest BCUT2D eigenvalue weighted by Crippen LogP contribution is -2.16. The molecule has 0 spiro atoms. The van der Waals surface area contributed by atoms with E-state index in [4.69, 9.17) is 39.4 Å². The molecule has 0 radical (unpaired) electrons. The summed E-state index contributed by atoms with van der Waals surface area (Å²) in [6, 6.07) is 0. The minimum atomic E-state index is -3.71. The maximum Gasteiger partial charge on any atom is 0.292 e. The molecule has 0 aromatic carbocycles. The van der Waals surface area contributed by atoms with Crippen LogP contribution >= 0.6 is 34.8 Å². The predicted octanol–water partition coefficient (Wildman–Crippen LogP) is 1.53. The van der Waals surface area contributed by atoms with Crippen molar-refractivity contribution in [2.75, 3.05) is 0 Å². The van der Waals surface area contributed by atoms with Gasteiger partial charge in [0.2, 0.25) is 0 Å². The van der Waals surface area contributed by atoms with E-state index in [2.05, 4.69) is 11.2 Å². The number of rotatable bonds is 0. The first-order chi connectivity index (χ1) is 3.25. The zero-order valence-corrected chi connectivity index (χ0v) is 7.21. The summed E-state index contributed by atoms with van der Waals surface area (Å²) < 4.78 is 16.2. The fourth-order valence-corrected chi connectivity index (χ4v) is 0. The second kappa shape index (κ2) is 2.44. The molecule has 0 fully saturated rings. The molecule has 0 heterocycles. The molecule has 0 aromatic heterocycles. The Balaban J connectivity index is 4.53. The Morgan fingerprint density at radius 2 is 1.62 bits per heavy atom. The number of halogens is 3. The van der Waals surface area contributed by atoms with Crippen molar-refractivity contribution in [1.82, 2.24) is 0 Å². The van der Waals surface area contributed by atoms with Gasteiger partial charge >= 0.3 is 0 Å². The third kappa shape index (κ3) is 2.66. The fourth-order valence-electron chi connectivity index (χ4n) is 0. The summed E-state index contributed by atoms with van der Waals surface area (Å²) in [5, 5.41) is 0. The van der Waals surface area contributed by atoms with Crippen molar-refractivity contribution in [2.45, 2.75) is 3.12 Å². The van der Waals surface area contributed by atoms with E-state index < -0.39 is 11.9 Å². The highest BCUT2D eigenvalue weighted by molar-refractivity contribution is 8.32. The van der Waals surface area contributed by atoms with Gasteiger partial charge in [-0.05, 0) is 0 Å². The zero-order chi connectivity index (χ0) is 7.00. The van der Waals surface area contributed by atoms with Crippen molar-refractivity contribution in [2.24, 2.45) is 0 Å². The molecule has 0 saturated heterocycles. The summed E-state index contributed by atoms with van der Waals surface area (Å²) in [4.78, 5) is 0. The average molecular weight is 216 g/mol. The zero-order valence-electron chi connectivity index (χ0n) is 3.31. The van der Waals surface area contributed by atoms with Gasteiger partial charge in [-0.25, -0.2) is 4.21 Å². The Bertz CT molecular complexity index is 164. The summed E-state index contributed by atoms with van der Waals surface area (Å²) in [6.07, 6.45) is 0. The predicted molar refractivity (Wildman–Crippen MR) is 38.4 cm³/mol. The molecule has 0 aromatic rings. The molecule has 0 aliphatic rings. The smallest absolute Gasteiger partial charge is 0.292 e. The van der Waals surface area contributed by atoms with Gasteiger partial charge in [-0.15, -0.1) is 0 Å². The van der Waals surface area contributed by atoms with Gasteiger partial charge in [0.15, 0.2) is 8.77 Å². The topological polar surface area (TPSA) is 37.3 Å². The van der Waals surface area contributed by atoms with Crippen LogP contribution in [0.5, 0.6) is 0 Å². The van der Waals surface area contributed by atoms with E-state index in [9.17, 15) is 4.21 Å². The average Bonchev–Trinajstić information content (AvgIpc) is 1.25. The highest BCUT2D eigenvalue weighted by Gasteiger charge is 2.31. The summed E-state index contributed by atoms with van der Waals surface area (Å²) in [5.41, 5.74) is 0. The van der Waals surface area contributed by atoms with Crippen LogP contribution in [0.15, 0.2) is 0 Å². The first kappa shape index (κ1) is 9.20. The largest absolute Gasteiger partial charge is 0.302 e. The van der Waals surface area contributed by atoms with Crippen LogP contribution < -0.4 is 0 Å². The van der Waals surface area contributed by atoms with E-state index in [1.54, 1.807) is 0 Å². The normalized spacial score (nSPS) is 20.0. The van der Waals surface area contributed by atoms with Gasteiger partial charge in [0.25, 0.3) is 3.12 Å². The summed E-state index contributed by atoms with van der Waals surface area (Å²) in [5.74, 6) is 0. The van der Waals surface area contributed by atoms with Crippen molar-refractivity contribution in [3.63, 3.8) is 0 Å². The van der Waals surface area contributed by atoms with E-state index >= 15 is 0 Å². The highest BCUT2D eigenvalue weighted by Crippen LogP contribution is 2.31. The Labute approximate surface area is 66.6 Å². The molecular formula is CHCl3O2S2. The van der Waals surface area contributed by atoms with Gasteiger partial charge in [0.1, 0.15) is 0 Å². The lowest BCUT2D eigenvalue weighted by atomic mass is 11.8. The quantitative estimate of drug-likeness (QED) is 0.623. The molecule has 1 N–H and O–H groups in total. The first-order valence-corrected chi connectivity index (χ1v) is 4.86. The van der Waals surface area contributed by atoms with E-state index in [1.165, 1.54) is 0 Å². The number of hydrogen-bond acceptors (Lipinski definition) is 2. The second-order valence-electron chi connectivity index (χ2n) is 0.921. The van der Waals surface area contributed by atoms with Crippen LogP contribution in [0.1, 0.15) is 0 Å². The standard InChI is InChI=1S/CHCl3O2S2/c2-1(3,4)8(5,6)7/h(H,5,6,7). The van der Waals surface area contributed by atoms with E-state index in [0.717, 1.165) is 0 Å². The molecule has 1 unspecified atom stereocenters. The maximum atomic E-state index is 10.2. The summed E-state index contributed by atoms with van der Waals surface area (Å²) in [7, 11) is -3.71. The van der Waals surface area contributed by atoms with Crippen LogP contribution in [0.3, 0.4) is 0 Å². The summed E-state index contributed by atoms with van der Waals surface area (Å²) in [6.45, 7) is 0. The Hall–Kier alpha value is 1.20. The Morgan fingerprint density at radius 1 is 1.50 bits per heavy atom. The third-order valence-electron chi connectivity index (χ3n) is 0.292. The van der Waals surface area contributed by atoms with Gasteiger partial charge in [0, 0.05) is 11.2 Å². The molecular weight excluding hydrogens is 215 g/mol. The summed E-state index contributed by atoms with van der Waals surface area (Å²) >= 11 is 18.6. The van der Waals surface area contributed by atoms with Crippen LogP contribution in [0.2, 0.25) is 0 Å². The van der Waals surface area contributed by atoms with Crippen LogP contribution in [-0.2, 0) is 20.0 Å². The minimum Gasteiger partial charge on any atom is -0.302 e. The highest BCUT2D eigenvalue weighted by atomic mass is 35.6. The van der Waals surface area contributed by atoms with Crippen molar-refractivity contribution in [1.29, 1.82) is 0 Å². The lowest BCUT2D eigenvalue weighted by Gasteiger charge is -2.06. The van der Waals surface area contributed by atoms with E-state index in [-0.39, 0.29) is 0 Å². The van der Waals surface area contributed by atoms with Crippen molar-refractivity contribution in [3.05, 3.63) is 0 Å². The molecule has 50 valence electrons. The molecule has 0 rings (SSSR count). The second-order valence-corrected chi connectivity index (χ2v) is 6.79. The van der Waals surface area contributed by atoms with Gasteiger partial charge in [-0.3, -0.25) is 0 Å². The molecule has 7 heteroatoms. The Morgan fingerprint density at radius 3 is 1.62 bits per heavy atom. The van der Waals surface area contributed by atoms with Crippen LogP contribution in [0.25, 0.3) is 0 Å². The van der Waals surface area contributed by atoms with Crippen LogP contribution in [0, 0.1) is 0 Å². The maximum absolute atomic E-state index is 10.2. The van der Waals surface area contributed by atoms with Gasteiger partial charge < -0.3 is 4.55 Å².